The van der Waals surface area contributed by atoms with Gasteiger partial charge in [-0.25, -0.2) is 0 Å². The van der Waals surface area contributed by atoms with Crippen LogP contribution in [0.3, 0.4) is 0 Å². The molecule has 0 bridgehead atoms. The van der Waals surface area contributed by atoms with Crippen LogP contribution in [0.2, 0.25) is 5.02 Å². The summed E-state index contributed by atoms with van der Waals surface area (Å²) in [6.45, 7) is 1.90. The number of carbonyl (C=O) groups excluding carboxylic acids is 2. The van der Waals surface area contributed by atoms with Gasteiger partial charge in [0.25, 0.3) is 5.91 Å². The van der Waals surface area contributed by atoms with Gasteiger partial charge in [-0.1, -0.05) is 35.9 Å². The van der Waals surface area contributed by atoms with Gasteiger partial charge in [0.1, 0.15) is 0 Å². The zero-order valence-electron chi connectivity index (χ0n) is 12.3. The highest BCUT2D eigenvalue weighted by molar-refractivity contribution is 8.02. The Balaban J connectivity index is 1.93. The molecule has 2 amide bonds. The first-order chi connectivity index (χ1) is 11.0. The minimum absolute atomic E-state index is 0.0956. The highest BCUT2D eigenvalue weighted by Gasteiger charge is 2.58. The van der Waals surface area contributed by atoms with Crippen molar-refractivity contribution in [3.8, 4) is 0 Å². The summed E-state index contributed by atoms with van der Waals surface area (Å²) in [6, 6.07) is 12.9. The van der Waals surface area contributed by atoms with Crippen molar-refractivity contribution in [2.45, 2.75) is 11.8 Å². The molecule has 0 saturated carbocycles. The second-order valence-corrected chi connectivity index (χ2v) is 7.17. The number of hydrogen-bond donors (Lipinski definition) is 1. The molecule has 23 heavy (non-hydrogen) atoms. The lowest BCUT2D eigenvalue weighted by Crippen LogP contribution is -2.47. The molecule has 1 fully saturated rings. The molecule has 2 aliphatic heterocycles. The van der Waals surface area contributed by atoms with E-state index in [1.54, 1.807) is 11.0 Å². The van der Waals surface area contributed by atoms with Crippen LogP contribution in [-0.2, 0) is 14.5 Å². The average Bonchev–Trinajstić information content (AvgIpc) is 3.02. The Morgan fingerprint density at radius 1 is 1.22 bits per heavy atom. The van der Waals surface area contributed by atoms with Crippen molar-refractivity contribution in [2.75, 3.05) is 16.0 Å². The van der Waals surface area contributed by atoms with Crippen molar-refractivity contribution in [2.24, 2.45) is 0 Å². The fraction of sp³-hybridized carbons (Fsp3) is 0.176. The van der Waals surface area contributed by atoms with Crippen LogP contribution < -0.4 is 10.2 Å². The van der Waals surface area contributed by atoms with Gasteiger partial charge in [-0.15, -0.1) is 11.8 Å². The monoisotopic (exact) mass is 344 g/mol. The molecule has 0 aromatic heterocycles. The highest BCUT2D eigenvalue weighted by atomic mass is 35.5. The van der Waals surface area contributed by atoms with Gasteiger partial charge in [0.15, 0.2) is 0 Å². The number of fused-ring (bicyclic) bond motifs is 2. The Labute approximate surface area is 142 Å². The molecule has 2 heterocycles. The third-order valence-corrected chi connectivity index (χ3v) is 6.03. The molecule has 1 unspecified atom stereocenters. The van der Waals surface area contributed by atoms with Crippen molar-refractivity contribution >= 4 is 46.6 Å². The summed E-state index contributed by atoms with van der Waals surface area (Å²) in [5.74, 6) is -0.0270. The second kappa shape index (κ2) is 5.01. The predicted molar refractivity (Wildman–Crippen MR) is 92.9 cm³/mol. The van der Waals surface area contributed by atoms with Crippen LogP contribution in [0, 0.1) is 6.92 Å². The van der Waals surface area contributed by atoms with E-state index >= 15 is 0 Å². The zero-order valence-corrected chi connectivity index (χ0v) is 13.9. The summed E-state index contributed by atoms with van der Waals surface area (Å²) in [5.41, 5.74) is 3.14. The summed E-state index contributed by atoms with van der Waals surface area (Å²) in [7, 11) is 0. The molecule has 1 spiro atoms. The highest BCUT2D eigenvalue weighted by Crippen LogP contribution is 2.53. The molecule has 4 nitrogen and oxygen atoms in total. The van der Waals surface area contributed by atoms with Gasteiger partial charge in [0.05, 0.1) is 5.75 Å². The maximum atomic E-state index is 12.8. The van der Waals surface area contributed by atoms with Crippen LogP contribution in [0.1, 0.15) is 11.1 Å². The van der Waals surface area contributed by atoms with Gasteiger partial charge in [-0.3, -0.25) is 14.5 Å². The Kier molecular flexibility index (Phi) is 3.18. The third-order valence-electron chi connectivity index (χ3n) is 4.23. The van der Waals surface area contributed by atoms with Crippen LogP contribution in [0.15, 0.2) is 42.5 Å². The number of thioether (sulfide) groups is 1. The van der Waals surface area contributed by atoms with E-state index in [1.807, 2.05) is 43.3 Å². The number of hydrogen-bond acceptors (Lipinski definition) is 3. The van der Waals surface area contributed by atoms with E-state index in [4.69, 9.17) is 11.6 Å². The molecule has 1 saturated heterocycles. The van der Waals surface area contributed by atoms with E-state index in [0.717, 1.165) is 16.8 Å². The van der Waals surface area contributed by atoms with Crippen molar-refractivity contribution in [1.82, 2.24) is 0 Å². The van der Waals surface area contributed by atoms with E-state index in [2.05, 4.69) is 5.32 Å². The van der Waals surface area contributed by atoms with E-state index in [-0.39, 0.29) is 17.6 Å². The van der Waals surface area contributed by atoms with Gasteiger partial charge in [-0.2, -0.15) is 0 Å². The van der Waals surface area contributed by atoms with Crippen LogP contribution in [-0.4, -0.2) is 17.6 Å². The fourth-order valence-electron chi connectivity index (χ4n) is 3.10. The Morgan fingerprint density at radius 2 is 2.00 bits per heavy atom. The second-order valence-electron chi connectivity index (χ2n) is 5.60. The Morgan fingerprint density at radius 3 is 2.78 bits per heavy atom. The van der Waals surface area contributed by atoms with Gasteiger partial charge >= 0.3 is 0 Å². The van der Waals surface area contributed by atoms with Crippen molar-refractivity contribution in [1.29, 1.82) is 0 Å². The maximum Gasteiger partial charge on any atom is 0.266 e. The van der Waals surface area contributed by atoms with Crippen LogP contribution >= 0.6 is 23.4 Å². The number of nitrogens with one attached hydrogen (secondary N) is 1. The van der Waals surface area contributed by atoms with E-state index in [9.17, 15) is 9.59 Å². The molecule has 1 atom stereocenters. The van der Waals surface area contributed by atoms with Crippen molar-refractivity contribution < 1.29 is 9.59 Å². The van der Waals surface area contributed by atoms with Crippen molar-refractivity contribution in [3.63, 3.8) is 0 Å². The number of anilines is 2. The van der Waals surface area contributed by atoms with Gasteiger partial charge in [0, 0.05) is 22.0 Å². The van der Waals surface area contributed by atoms with Crippen LogP contribution in [0.4, 0.5) is 11.4 Å². The number of nitrogens with zero attached hydrogens (tertiary/aromatic N) is 1. The zero-order chi connectivity index (χ0) is 16.2. The maximum absolute atomic E-state index is 12.8. The number of amides is 2. The first kappa shape index (κ1) is 14.6. The topological polar surface area (TPSA) is 49.4 Å². The van der Waals surface area contributed by atoms with E-state index in [0.29, 0.717) is 10.7 Å². The summed E-state index contributed by atoms with van der Waals surface area (Å²) < 4.78 is 0. The minimum atomic E-state index is -1.05. The number of carbonyl (C=O) groups is 2. The SMILES string of the molecule is Cc1ccc(N2C(=O)CSC23C(=O)Nc2ccccc23)cc1Cl. The predicted octanol–water partition coefficient (Wildman–Crippen LogP) is 3.53. The molecule has 2 aromatic rings. The molecule has 2 aliphatic rings. The number of rotatable bonds is 1. The summed E-state index contributed by atoms with van der Waals surface area (Å²) in [4.78, 5) is 25.9. The van der Waals surface area contributed by atoms with E-state index < -0.39 is 4.87 Å². The lowest BCUT2D eigenvalue weighted by Gasteiger charge is -2.32. The lowest BCUT2D eigenvalue weighted by atomic mass is 10.0. The molecule has 4 rings (SSSR count). The number of aryl methyl sites for hydroxylation is 1. The molecule has 6 heteroatoms. The molecule has 116 valence electrons. The average molecular weight is 345 g/mol. The summed E-state index contributed by atoms with van der Waals surface area (Å²) >= 11 is 7.57. The molecule has 2 aromatic carbocycles. The third kappa shape index (κ3) is 1.93. The largest absolute Gasteiger partial charge is 0.323 e. The summed E-state index contributed by atoms with van der Waals surface area (Å²) in [5, 5.41) is 3.47. The normalized spacial score (nSPS) is 22.6. The van der Waals surface area contributed by atoms with Gasteiger partial charge < -0.3 is 5.32 Å². The standard InChI is InChI=1S/C17H13ClN2O2S/c1-10-6-7-11(8-13(10)18)20-15(21)9-23-17(20)12-4-2-3-5-14(12)19-16(17)22/h2-8H,9H2,1H3,(H,19,22). The van der Waals surface area contributed by atoms with Crippen LogP contribution in [0.5, 0.6) is 0 Å². The number of para-hydroxylation sites is 1. The molecule has 0 radical (unpaired) electrons. The number of halogens is 1. The smallest absolute Gasteiger partial charge is 0.266 e. The van der Waals surface area contributed by atoms with Gasteiger partial charge in [-0.05, 0) is 30.7 Å². The summed E-state index contributed by atoms with van der Waals surface area (Å²) in [6.07, 6.45) is 0. The van der Waals surface area contributed by atoms with E-state index in [1.165, 1.54) is 11.8 Å². The van der Waals surface area contributed by atoms with Crippen molar-refractivity contribution in [3.05, 3.63) is 58.6 Å². The Hall–Kier alpha value is -1.98. The minimum Gasteiger partial charge on any atom is -0.323 e. The fourth-order valence-corrected chi connectivity index (χ4v) is 4.59. The number of benzene rings is 2. The molecular weight excluding hydrogens is 332 g/mol. The molecule has 0 aliphatic carbocycles. The lowest BCUT2D eigenvalue weighted by molar-refractivity contribution is -0.122. The van der Waals surface area contributed by atoms with Gasteiger partial charge in [0.2, 0.25) is 10.8 Å². The molecule has 1 N–H and O–H groups in total. The Bertz CT molecular complexity index is 854. The quantitative estimate of drug-likeness (QED) is 0.861. The first-order valence-electron chi connectivity index (χ1n) is 7.18. The first-order valence-corrected chi connectivity index (χ1v) is 8.54. The molecular formula is C17H13ClN2O2S. The van der Waals surface area contributed by atoms with Crippen LogP contribution in [0.25, 0.3) is 0 Å².